The summed E-state index contributed by atoms with van der Waals surface area (Å²) in [5, 5.41) is 8.91. The highest BCUT2D eigenvalue weighted by Gasteiger charge is 2.12. The van der Waals surface area contributed by atoms with Crippen molar-refractivity contribution in [1.29, 1.82) is 0 Å². The van der Waals surface area contributed by atoms with Crippen molar-refractivity contribution >= 4 is 21.6 Å². The van der Waals surface area contributed by atoms with E-state index in [-0.39, 0.29) is 11.5 Å². The van der Waals surface area contributed by atoms with Crippen molar-refractivity contribution in [2.75, 3.05) is 6.61 Å². The lowest BCUT2D eigenvalue weighted by Crippen LogP contribution is -2.14. The van der Waals surface area contributed by atoms with Gasteiger partial charge >= 0.3 is 4.94 Å². The molecule has 1 aromatic heterocycles. The van der Waals surface area contributed by atoms with E-state index in [9.17, 15) is 4.79 Å². The zero-order valence-electron chi connectivity index (χ0n) is 7.27. The number of hydrogen-bond acceptors (Lipinski definition) is 5. The summed E-state index contributed by atoms with van der Waals surface area (Å²) >= 11 is 1.03. The molecule has 0 aliphatic carbocycles. The molecule has 0 amide bonds. The molecule has 4 nitrogen and oxygen atoms in total. The SMILES string of the molecule is NC(CO)c1cccc2sc(=O)oc12. The zero-order chi connectivity index (χ0) is 10.1. The van der Waals surface area contributed by atoms with Gasteiger partial charge in [-0.3, -0.25) is 0 Å². The first kappa shape index (κ1) is 9.39. The van der Waals surface area contributed by atoms with Crippen molar-refractivity contribution in [3.8, 4) is 0 Å². The smallest absolute Gasteiger partial charge is 0.396 e. The van der Waals surface area contributed by atoms with Gasteiger partial charge in [0.1, 0.15) is 0 Å². The summed E-state index contributed by atoms with van der Waals surface area (Å²) in [6, 6.07) is 4.83. The first-order chi connectivity index (χ1) is 6.72. The molecule has 5 heteroatoms. The van der Waals surface area contributed by atoms with E-state index in [4.69, 9.17) is 15.3 Å². The molecule has 0 spiro atoms. The van der Waals surface area contributed by atoms with Gasteiger partial charge in [-0.15, -0.1) is 0 Å². The Kier molecular flexibility index (Phi) is 2.37. The molecule has 0 saturated heterocycles. The van der Waals surface area contributed by atoms with Gasteiger partial charge in [0.15, 0.2) is 5.58 Å². The third-order valence-corrected chi connectivity index (χ3v) is 2.78. The predicted molar refractivity (Wildman–Crippen MR) is 54.4 cm³/mol. The van der Waals surface area contributed by atoms with E-state index >= 15 is 0 Å². The number of rotatable bonds is 2. The van der Waals surface area contributed by atoms with E-state index < -0.39 is 6.04 Å². The van der Waals surface area contributed by atoms with Crippen LogP contribution in [0.4, 0.5) is 0 Å². The number of aliphatic hydroxyl groups is 1. The summed E-state index contributed by atoms with van der Waals surface area (Å²) in [6.07, 6.45) is 0. The molecule has 1 heterocycles. The summed E-state index contributed by atoms with van der Waals surface area (Å²) in [5.74, 6) is 0. The number of fused-ring (bicyclic) bond motifs is 1. The van der Waals surface area contributed by atoms with Crippen LogP contribution in [0.25, 0.3) is 10.3 Å². The molecule has 0 saturated carbocycles. The lowest BCUT2D eigenvalue weighted by Gasteiger charge is -2.07. The molecule has 0 bridgehead atoms. The van der Waals surface area contributed by atoms with Crippen molar-refractivity contribution in [3.63, 3.8) is 0 Å². The fourth-order valence-corrected chi connectivity index (χ4v) is 2.01. The maximum atomic E-state index is 11.0. The Bertz CT molecular complexity index is 502. The number of nitrogens with two attached hydrogens (primary N) is 1. The minimum absolute atomic E-state index is 0.168. The van der Waals surface area contributed by atoms with Gasteiger partial charge in [-0.05, 0) is 6.07 Å². The largest absolute Gasteiger partial charge is 0.414 e. The topological polar surface area (TPSA) is 76.5 Å². The second kappa shape index (κ2) is 3.53. The van der Waals surface area contributed by atoms with E-state index in [1.165, 1.54) is 0 Å². The fourth-order valence-electron chi connectivity index (χ4n) is 1.31. The molecule has 2 aromatic rings. The van der Waals surface area contributed by atoms with E-state index in [1.807, 2.05) is 0 Å². The fraction of sp³-hybridized carbons (Fsp3) is 0.222. The second-order valence-electron chi connectivity index (χ2n) is 2.92. The Morgan fingerprint density at radius 2 is 2.36 bits per heavy atom. The molecule has 1 unspecified atom stereocenters. The maximum Gasteiger partial charge on any atom is 0.396 e. The molecule has 3 N–H and O–H groups in total. The normalized spacial score (nSPS) is 13.3. The van der Waals surface area contributed by atoms with Crippen LogP contribution in [0, 0.1) is 0 Å². The summed E-state index contributed by atoms with van der Waals surface area (Å²) in [6.45, 7) is -0.168. The lowest BCUT2D eigenvalue weighted by atomic mass is 10.1. The van der Waals surface area contributed by atoms with Crippen LogP contribution in [0.5, 0.6) is 0 Å². The highest BCUT2D eigenvalue weighted by Crippen LogP contribution is 2.24. The van der Waals surface area contributed by atoms with Gasteiger partial charge in [-0.2, -0.15) is 0 Å². The molecule has 0 radical (unpaired) electrons. The van der Waals surface area contributed by atoms with Crippen molar-refractivity contribution < 1.29 is 9.52 Å². The van der Waals surface area contributed by atoms with Gasteiger partial charge in [0, 0.05) is 5.56 Å². The Hall–Kier alpha value is -1.17. The Labute approximate surface area is 83.6 Å². The molecular weight excluding hydrogens is 202 g/mol. The molecular formula is C9H9NO3S. The van der Waals surface area contributed by atoms with Crippen LogP contribution >= 0.6 is 11.3 Å². The minimum atomic E-state index is -0.503. The van der Waals surface area contributed by atoms with Gasteiger partial charge < -0.3 is 15.3 Å². The molecule has 1 aromatic carbocycles. The molecule has 1 atom stereocenters. The first-order valence-electron chi connectivity index (χ1n) is 4.11. The summed E-state index contributed by atoms with van der Waals surface area (Å²) in [7, 11) is 0. The van der Waals surface area contributed by atoms with Crippen molar-refractivity contribution in [3.05, 3.63) is 33.5 Å². The standard InChI is InChI=1S/C9H9NO3S/c10-6(4-11)5-2-1-3-7-8(5)13-9(12)14-7/h1-3,6,11H,4,10H2. The van der Waals surface area contributed by atoms with Gasteiger partial charge in [0.2, 0.25) is 0 Å². The Balaban J connectivity index is 2.70. The maximum absolute atomic E-state index is 11.0. The zero-order valence-corrected chi connectivity index (χ0v) is 8.08. The van der Waals surface area contributed by atoms with Crippen LogP contribution < -0.4 is 10.7 Å². The van der Waals surface area contributed by atoms with Gasteiger partial charge in [0.25, 0.3) is 0 Å². The molecule has 0 aliphatic rings. The van der Waals surface area contributed by atoms with E-state index in [0.717, 1.165) is 16.0 Å². The van der Waals surface area contributed by atoms with Crippen LogP contribution in [0.1, 0.15) is 11.6 Å². The average Bonchev–Trinajstić information content (AvgIpc) is 2.56. The first-order valence-corrected chi connectivity index (χ1v) is 4.93. The predicted octanol–water partition coefficient (Wildman–Crippen LogP) is 0.847. The van der Waals surface area contributed by atoms with Crippen LogP contribution in [0.15, 0.2) is 27.4 Å². The Morgan fingerprint density at radius 1 is 1.57 bits per heavy atom. The number of hydrogen-bond donors (Lipinski definition) is 2. The molecule has 14 heavy (non-hydrogen) atoms. The molecule has 2 rings (SSSR count). The summed E-state index contributed by atoms with van der Waals surface area (Å²) in [5.41, 5.74) is 6.82. The van der Waals surface area contributed by atoms with Crippen LogP contribution in [-0.4, -0.2) is 11.7 Å². The lowest BCUT2D eigenvalue weighted by molar-refractivity contribution is 0.268. The second-order valence-corrected chi connectivity index (χ2v) is 3.89. The Morgan fingerprint density at radius 3 is 3.07 bits per heavy atom. The van der Waals surface area contributed by atoms with Crippen LogP contribution in [0.3, 0.4) is 0 Å². The van der Waals surface area contributed by atoms with E-state index in [1.54, 1.807) is 18.2 Å². The number of aliphatic hydroxyl groups excluding tert-OH is 1. The summed E-state index contributed by atoms with van der Waals surface area (Å²) in [4.78, 5) is 10.7. The van der Waals surface area contributed by atoms with Crippen molar-refractivity contribution in [2.45, 2.75) is 6.04 Å². The van der Waals surface area contributed by atoms with E-state index in [2.05, 4.69) is 0 Å². The third-order valence-electron chi connectivity index (χ3n) is 1.98. The third kappa shape index (κ3) is 1.45. The van der Waals surface area contributed by atoms with Gasteiger partial charge in [-0.25, -0.2) is 4.79 Å². The number of para-hydroxylation sites is 1. The van der Waals surface area contributed by atoms with Gasteiger partial charge in [-0.1, -0.05) is 23.5 Å². The average molecular weight is 211 g/mol. The highest BCUT2D eigenvalue weighted by molar-refractivity contribution is 7.16. The van der Waals surface area contributed by atoms with Crippen LogP contribution in [-0.2, 0) is 0 Å². The molecule has 0 aliphatic heterocycles. The van der Waals surface area contributed by atoms with E-state index in [0.29, 0.717) is 11.1 Å². The highest BCUT2D eigenvalue weighted by atomic mass is 32.1. The molecule has 74 valence electrons. The monoisotopic (exact) mass is 211 g/mol. The minimum Gasteiger partial charge on any atom is -0.414 e. The quantitative estimate of drug-likeness (QED) is 0.772. The van der Waals surface area contributed by atoms with Gasteiger partial charge in [0.05, 0.1) is 17.3 Å². The van der Waals surface area contributed by atoms with Crippen LogP contribution in [0.2, 0.25) is 0 Å². The van der Waals surface area contributed by atoms with Crippen molar-refractivity contribution in [2.24, 2.45) is 5.73 Å². The number of benzene rings is 1. The molecule has 0 fully saturated rings. The van der Waals surface area contributed by atoms with Crippen molar-refractivity contribution in [1.82, 2.24) is 0 Å². The summed E-state index contributed by atoms with van der Waals surface area (Å²) < 4.78 is 5.75.